The largest absolute Gasteiger partial charge is 0.463 e. The maximum atomic E-state index is 13.3. The van der Waals surface area contributed by atoms with Crippen molar-refractivity contribution in [2.24, 2.45) is 0 Å². The molecule has 176 valence electrons. The van der Waals surface area contributed by atoms with Crippen molar-refractivity contribution in [2.45, 2.75) is 33.7 Å². The maximum absolute atomic E-state index is 13.3. The summed E-state index contributed by atoms with van der Waals surface area (Å²) in [5.41, 5.74) is 2.08. The molecule has 1 unspecified atom stereocenters. The zero-order valence-corrected chi connectivity index (χ0v) is 20.7. The molecule has 0 aliphatic carbocycles. The summed E-state index contributed by atoms with van der Waals surface area (Å²) < 4.78 is 16.7. The Balaban J connectivity index is 2.35. The van der Waals surface area contributed by atoms with Gasteiger partial charge in [0.1, 0.15) is 10.6 Å². The molecule has 1 atom stereocenters. The standard InChI is InChI=1S/C24H27NO6S2/c1-5-29-21(26)17-18-16-12-10-9-11-15(16)13-14-25(18)19(22(27)30-6-2)24(32-8-4)33-20(17)23(28)31-7-3/h9-14,18H,5-8H2,1-4H3. The van der Waals surface area contributed by atoms with Crippen molar-refractivity contribution in [3.8, 4) is 0 Å². The number of rotatable bonds is 8. The van der Waals surface area contributed by atoms with E-state index in [4.69, 9.17) is 14.2 Å². The molecule has 0 aromatic heterocycles. The summed E-state index contributed by atoms with van der Waals surface area (Å²) in [5, 5.41) is 0. The third kappa shape index (κ3) is 5.14. The molecule has 0 fully saturated rings. The number of fused-ring (bicyclic) bond motifs is 3. The first-order valence-corrected chi connectivity index (χ1v) is 12.6. The van der Waals surface area contributed by atoms with Crippen LogP contribution in [0.15, 0.2) is 50.9 Å². The van der Waals surface area contributed by atoms with E-state index in [1.54, 1.807) is 31.9 Å². The van der Waals surface area contributed by atoms with Crippen LogP contribution in [0.25, 0.3) is 6.08 Å². The molecule has 0 saturated carbocycles. The predicted octanol–water partition coefficient (Wildman–Crippen LogP) is 4.63. The third-order valence-corrected chi connectivity index (χ3v) is 7.17. The first-order valence-electron chi connectivity index (χ1n) is 10.8. The molecule has 0 saturated heterocycles. The fourth-order valence-corrected chi connectivity index (χ4v) is 5.96. The lowest BCUT2D eigenvalue weighted by molar-refractivity contribution is -0.142. The van der Waals surface area contributed by atoms with Crippen LogP contribution in [0.2, 0.25) is 0 Å². The topological polar surface area (TPSA) is 82.1 Å². The number of carbonyl (C=O) groups is 3. The summed E-state index contributed by atoms with van der Waals surface area (Å²) in [7, 11) is 0. The van der Waals surface area contributed by atoms with Gasteiger partial charge in [-0.2, -0.15) is 0 Å². The van der Waals surface area contributed by atoms with Crippen molar-refractivity contribution in [1.29, 1.82) is 0 Å². The second kappa shape index (κ2) is 11.5. The van der Waals surface area contributed by atoms with Crippen molar-refractivity contribution in [3.63, 3.8) is 0 Å². The first kappa shape index (κ1) is 25.0. The summed E-state index contributed by atoms with van der Waals surface area (Å²) in [6.07, 6.45) is 3.63. The van der Waals surface area contributed by atoms with Crippen LogP contribution in [0, 0.1) is 0 Å². The fraction of sp³-hybridized carbons (Fsp3) is 0.375. The quantitative estimate of drug-likeness (QED) is 0.383. The number of esters is 3. The van der Waals surface area contributed by atoms with Crippen LogP contribution in [0.3, 0.4) is 0 Å². The van der Waals surface area contributed by atoms with E-state index in [0.29, 0.717) is 9.99 Å². The van der Waals surface area contributed by atoms with Crippen LogP contribution >= 0.6 is 23.5 Å². The molecule has 1 aromatic rings. The zero-order valence-electron chi connectivity index (χ0n) is 19.1. The normalized spacial score (nSPS) is 17.2. The highest BCUT2D eigenvalue weighted by atomic mass is 32.2. The van der Waals surface area contributed by atoms with Crippen LogP contribution in [0.5, 0.6) is 0 Å². The predicted molar refractivity (Wildman–Crippen MR) is 130 cm³/mol. The van der Waals surface area contributed by atoms with E-state index >= 15 is 0 Å². The van der Waals surface area contributed by atoms with Gasteiger partial charge in [0, 0.05) is 6.20 Å². The highest BCUT2D eigenvalue weighted by molar-refractivity contribution is 8.24. The average Bonchev–Trinajstić information content (AvgIpc) is 2.94. The Morgan fingerprint density at radius 2 is 1.58 bits per heavy atom. The summed E-state index contributed by atoms with van der Waals surface area (Å²) in [6.45, 7) is 7.58. The van der Waals surface area contributed by atoms with Crippen LogP contribution in [-0.4, -0.2) is 48.4 Å². The van der Waals surface area contributed by atoms with E-state index in [1.165, 1.54) is 11.8 Å². The van der Waals surface area contributed by atoms with Gasteiger partial charge in [-0.3, -0.25) is 0 Å². The SMILES string of the molecule is CCOC(=O)C1=C(C(=O)OCC)C2c3ccccc3C=CN2C(C(=O)OCC)=C(SCC)S1. The first-order chi connectivity index (χ1) is 16.0. The van der Waals surface area contributed by atoms with Crippen LogP contribution in [0.1, 0.15) is 44.9 Å². The molecule has 0 amide bonds. The monoisotopic (exact) mass is 489 g/mol. The van der Waals surface area contributed by atoms with Gasteiger partial charge in [-0.05, 0) is 43.7 Å². The molecule has 2 aliphatic heterocycles. The van der Waals surface area contributed by atoms with E-state index in [1.807, 2.05) is 37.3 Å². The van der Waals surface area contributed by atoms with Crippen LogP contribution in [0.4, 0.5) is 0 Å². The Morgan fingerprint density at radius 1 is 0.939 bits per heavy atom. The zero-order chi connectivity index (χ0) is 24.0. The van der Waals surface area contributed by atoms with E-state index in [2.05, 4.69) is 0 Å². The molecule has 0 radical (unpaired) electrons. The van der Waals surface area contributed by atoms with Gasteiger partial charge in [-0.15, -0.1) is 11.8 Å². The van der Waals surface area contributed by atoms with E-state index in [9.17, 15) is 14.4 Å². The minimum absolute atomic E-state index is 0.116. The van der Waals surface area contributed by atoms with Gasteiger partial charge in [-0.25, -0.2) is 14.4 Å². The highest BCUT2D eigenvalue weighted by Gasteiger charge is 2.43. The Labute approximate surface area is 202 Å². The molecule has 7 nitrogen and oxygen atoms in total. The molecule has 0 N–H and O–H groups in total. The Morgan fingerprint density at radius 3 is 2.24 bits per heavy atom. The van der Waals surface area contributed by atoms with Gasteiger partial charge in [-0.1, -0.05) is 43.0 Å². The molecule has 2 heterocycles. The third-order valence-electron chi connectivity index (χ3n) is 4.85. The smallest absolute Gasteiger partial charge is 0.356 e. The lowest BCUT2D eigenvalue weighted by atomic mass is 9.89. The van der Waals surface area contributed by atoms with E-state index < -0.39 is 23.9 Å². The van der Waals surface area contributed by atoms with E-state index in [-0.39, 0.29) is 36.0 Å². The molecule has 3 rings (SSSR count). The molecule has 0 bridgehead atoms. The number of benzene rings is 1. The van der Waals surface area contributed by atoms with Gasteiger partial charge in [0.15, 0.2) is 0 Å². The summed E-state index contributed by atoms with van der Waals surface area (Å²) >= 11 is 2.46. The highest BCUT2D eigenvalue weighted by Crippen LogP contribution is 2.50. The second-order valence-corrected chi connectivity index (χ2v) is 9.38. The Bertz CT molecular complexity index is 1030. The maximum Gasteiger partial charge on any atom is 0.356 e. The molecule has 0 spiro atoms. The number of hydrogen-bond acceptors (Lipinski definition) is 9. The van der Waals surface area contributed by atoms with Crippen molar-refractivity contribution in [2.75, 3.05) is 25.6 Å². The molecular formula is C24H27NO6S2. The van der Waals surface area contributed by atoms with Crippen molar-refractivity contribution in [3.05, 3.63) is 62.0 Å². The Kier molecular flexibility index (Phi) is 8.68. The number of hydrogen-bond donors (Lipinski definition) is 0. The lowest BCUT2D eigenvalue weighted by Crippen LogP contribution is -2.34. The molecule has 9 heteroatoms. The molecular weight excluding hydrogens is 462 g/mol. The second-order valence-electron chi connectivity index (χ2n) is 6.83. The number of ether oxygens (including phenoxy) is 3. The summed E-state index contributed by atoms with van der Waals surface area (Å²) in [4.78, 5) is 41.4. The van der Waals surface area contributed by atoms with Gasteiger partial charge in [0.25, 0.3) is 0 Å². The van der Waals surface area contributed by atoms with Crippen molar-refractivity contribution in [1.82, 2.24) is 4.90 Å². The molecule has 2 aliphatic rings. The number of nitrogens with zero attached hydrogens (tertiary/aromatic N) is 1. The number of carbonyl (C=O) groups excluding carboxylic acids is 3. The van der Waals surface area contributed by atoms with Crippen molar-refractivity contribution < 1.29 is 28.6 Å². The Hall–Kier alpha value is -2.65. The average molecular weight is 490 g/mol. The molecule has 33 heavy (non-hydrogen) atoms. The van der Waals surface area contributed by atoms with Crippen LogP contribution < -0.4 is 0 Å². The van der Waals surface area contributed by atoms with Gasteiger partial charge in [0.05, 0.1) is 35.7 Å². The van der Waals surface area contributed by atoms with Gasteiger partial charge < -0.3 is 19.1 Å². The summed E-state index contributed by atoms with van der Waals surface area (Å²) in [6, 6.07) is 6.79. The number of thioether (sulfide) groups is 2. The minimum atomic E-state index is -0.758. The minimum Gasteiger partial charge on any atom is -0.463 e. The van der Waals surface area contributed by atoms with Crippen LogP contribution in [-0.2, 0) is 28.6 Å². The molecule has 1 aromatic carbocycles. The van der Waals surface area contributed by atoms with Gasteiger partial charge >= 0.3 is 17.9 Å². The van der Waals surface area contributed by atoms with Crippen molar-refractivity contribution >= 4 is 47.5 Å². The lowest BCUT2D eigenvalue weighted by Gasteiger charge is -2.35. The summed E-state index contributed by atoms with van der Waals surface area (Å²) in [5.74, 6) is -1.13. The van der Waals surface area contributed by atoms with Gasteiger partial charge in [0.2, 0.25) is 0 Å². The van der Waals surface area contributed by atoms with E-state index in [0.717, 1.165) is 22.9 Å². The fourth-order valence-electron chi connectivity index (χ4n) is 3.61.